The highest BCUT2D eigenvalue weighted by Crippen LogP contribution is 2.31. The average molecular weight is 399 g/mol. The predicted molar refractivity (Wildman–Crippen MR) is 85.4 cm³/mol. The molecule has 0 aliphatic carbocycles. The van der Waals surface area contributed by atoms with Crippen LogP contribution in [-0.2, 0) is 10.0 Å². The monoisotopic (exact) mass is 397 g/mol. The van der Waals surface area contributed by atoms with Gasteiger partial charge in [-0.2, -0.15) is 4.31 Å². The van der Waals surface area contributed by atoms with E-state index in [4.69, 9.17) is 16.7 Å². The second-order valence-corrected chi connectivity index (χ2v) is 8.31. The lowest BCUT2D eigenvalue weighted by Crippen LogP contribution is -2.38. The van der Waals surface area contributed by atoms with Crippen LogP contribution in [0.25, 0.3) is 0 Å². The van der Waals surface area contributed by atoms with Crippen molar-refractivity contribution < 1.29 is 18.3 Å². The summed E-state index contributed by atoms with van der Waals surface area (Å²) in [5.41, 5.74) is -0.254. The number of halogens is 2. The Balaban J connectivity index is 3.43. The summed E-state index contributed by atoms with van der Waals surface area (Å²) in [6.07, 6.45) is 0. The molecule has 0 amide bonds. The summed E-state index contributed by atoms with van der Waals surface area (Å²) in [5, 5.41) is 9.08. The Kier molecular flexibility index (Phi) is 5.83. The maximum Gasteiger partial charge on any atom is 0.337 e. The fourth-order valence-electron chi connectivity index (χ4n) is 1.67. The quantitative estimate of drug-likeness (QED) is 0.824. The van der Waals surface area contributed by atoms with Crippen molar-refractivity contribution in [2.75, 3.05) is 7.05 Å². The molecule has 1 rings (SSSR count). The molecular formula is C13H17BrClNO4S. The molecule has 0 spiro atoms. The minimum Gasteiger partial charge on any atom is -0.478 e. The van der Waals surface area contributed by atoms with E-state index in [1.807, 2.05) is 13.8 Å². The third-order valence-electron chi connectivity index (χ3n) is 3.45. The van der Waals surface area contributed by atoms with Crippen LogP contribution in [0.15, 0.2) is 21.5 Å². The molecule has 21 heavy (non-hydrogen) atoms. The molecular weight excluding hydrogens is 382 g/mol. The first-order valence-corrected chi connectivity index (χ1v) is 8.81. The van der Waals surface area contributed by atoms with Gasteiger partial charge in [-0.05, 0) is 40.9 Å². The third-order valence-corrected chi connectivity index (χ3v) is 6.63. The molecule has 0 saturated carbocycles. The lowest BCUT2D eigenvalue weighted by atomic mass is 10.1. The standard InChI is InChI=1S/C13H17BrClNO4S/c1-7(2)8(3)16(4)21(19,20)9-5-10(13(17)18)12(15)11(14)6-9/h5-8H,1-4H3,(H,17,18). The second-order valence-electron chi connectivity index (χ2n) is 5.08. The minimum absolute atomic E-state index is 0.0268. The molecule has 0 aliphatic rings. The van der Waals surface area contributed by atoms with Crippen LogP contribution in [0.3, 0.4) is 0 Å². The Bertz CT molecular complexity index is 660. The third kappa shape index (κ3) is 3.77. The van der Waals surface area contributed by atoms with E-state index in [0.29, 0.717) is 0 Å². The Hall–Kier alpha value is -0.630. The smallest absolute Gasteiger partial charge is 0.337 e. The summed E-state index contributed by atoms with van der Waals surface area (Å²) in [6.45, 7) is 5.62. The van der Waals surface area contributed by atoms with Crippen LogP contribution < -0.4 is 0 Å². The molecule has 0 saturated heterocycles. The first kappa shape index (κ1) is 18.4. The summed E-state index contributed by atoms with van der Waals surface area (Å²) < 4.78 is 26.6. The molecule has 0 fully saturated rings. The maximum absolute atomic E-state index is 12.6. The van der Waals surface area contributed by atoms with Gasteiger partial charge in [0, 0.05) is 17.6 Å². The molecule has 5 nitrogen and oxygen atoms in total. The SMILES string of the molecule is CC(C)C(C)N(C)S(=O)(=O)c1cc(Br)c(Cl)c(C(=O)O)c1. The van der Waals surface area contributed by atoms with E-state index in [2.05, 4.69) is 15.9 Å². The van der Waals surface area contributed by atoms with Gasteiger partial charge in [0.2, 0.25) is 10.0 Å². The number of hydrogen-bond acceptors (Lipinski definition) is 3. The number of aromatic carboxylic acids is 1. The molecule has 1 aromatic rings. The normalized spacial score (nSPS) is 13.7. The number of nitrogens with zero attached hydrogens (tertiary/aromatic N) is 1. The highest BCUT2D eigenvalue weighted by atomic mass is 79.9. The zero-order valence-corrected chi connectivity index (χ0v) is 15.3. The molecule has 1 aromatic carbocycles. The molecule has 0 radical (unpaired) electrons. The van der Waals surface area contributed by atoms with Gasteiger partial charge in [-0.15, -0.1) is 0 Å². The largest absolute Gasteiger partial charge is 0.478 e. The molecule has 0 bridgehead atoms. The molecule has 8 heteroatoms. The zero-order valence-electron chi connectivity index (χ0n) is 12.1. The number of benzene rings is 1. The van der Waals surface area contributed by atoms with E-state index in [-0.39, 0.29) is 31.9 Å². The van der Waals surface area contributed by atoms with Crippen LogP contribution >= 0.6 is 27.5 Å². The van der Waals surface area contributed by atoms with Crippen molar-refractivity contribution in [3.05, 3.63) is 27.2 Å². The summed E-state index contributed by atoms with van der Waals surface area (Å²) in [5.74, 6) is -1.16. The minimum atomic E-state index is -3.80. The Morgan fingerprint density at radius 1 is 1.33 bits per heavy atom. The molecule has 0 heterocycles. The highest BCUT2D eigenvalue weighted by molar-refractivity contribution is 9.10. The second kappa shape index (κ2) is 6.64. The van der Waals surface area contributed by atoms with Crippen molar-refractivity contribution in [1.82, 2.24) is 4.31 Å². The average Bonchev–Trinajstić information content (AvgIpc) is 2.39. The van der Waals surface area contributed by atoms with Gasteiger partial charge in [-0.3, -0.25) is 0 Å². The van der Waals surface area contributed by atoms with Crippen LogP contribution in [0.4, 0.5) is 0 Å². The van der Waals surface area contributed by atoms with Crippen LogP contribution in [0, 0.1) is 5.92 Å². The Labute approximate surface area is 138 Å². The van der Waals surface area contributed by atoms with Crippen molar-refractivity contribution in [3.63, 3.8) is 0 Å². The van der Waals surface area contributed by atoms with Crippen molar-refractivity contribution in [2.45, 2.75) is 31.7 Å². The lowest BCUT2D eigenvalue weighted by molar-refractivity contribution is 0.0696. The van der Waals surface area contributed by atoms with E-state index in [1.165, 1.54) is 17.4 Å². The Morgan fingerprint density at radius 2 is 1.86 bits per heavy atom. The van der Waals surface area contributed by atoms with Gasteiger partial charge in [0.25, 0.3) is 0 Å². The van der Waals surface area contributed by atoms with E-state index in [1.54, 1.807) is 6.92 Å². The molecule has 1 N–H and O–H groups in total. The number of hydrogen-bond donors (Lipinski definition) is 1. The summed E-state index contributed by atoms with van der Waals surface area (Å²) in [4.78, 5) is 11.0. The molecule has 0 aromatic heterocycles. The fraction of sp³-hybridized carbons (Fsp3) is 0.462. The summed E-state index contributed by atoms with van der Waals surface area (Å²) in [7, 11) is -2.32. The predicted octanol–water partition coefficient (Wildman–Crippen LogP) is 3.47. The maximum atomic E-state index is 12.6. The van der Waals surface area contributed by atoms with Crippen LogP contribution in [0.2, 0.25) is 5.02 Å². The first-order valence-electron chi connectivity index (χ1n) is 6.20. The fourth-order valence-corrected chi connectivity index (χ4v) is 4.02. The molecule has 118 valence electrons. The highest BCUT2D eigenvalue weighted by Gasteiger charge is 2.29. The van der Waals surface area contributed by atoms with Gasteiger partial charge < -0.3 is 5.11 Å². The van der Waals surface area contributed by atoms with Gasteiger partial charge in [0.05, 0.1) is 15.5 Å². The number of carboxylic acids is 1. The number of rotatable bonds is 5. The van der Waals surface area contributed by atoms with Gasteiger partial charge in [0.1, 0.15) is 0 Å². The number of carbonyl (C=O) groups is 1. The van der Waals surface area contributed by atoms with Crippen molar-refractivity contribution in [1.29, 1.82) is 0 Å². The van der Waals surface area contributed by atoms with Crippen molar-refractivity contribution in [3.8, 4) is 0 Å². The van der Waals surface area contributed by atoms with Crippen LogP contribution in [-0.4, -0.2) is 36.9 Å². The van der Waals surface area contributed by atoms with E-state index in [9.17, 15) is 13.2 Å². The van der Waals surface area contributed by atoms with Crippen molar-refractivity contribution in [2.24, 2.45) is 5.92 Å². The van der Waals surface area contributed by atoms with E-state index < -0.39 is 16.0 Å². The lowest BCUT2D eigenvalue weighted by Gasteiger charge is -2.27. The van der Waals surface area contributed by atoms with Crippen LogP contribution in [0.5, 0.6) is 0 Å². The topological polar surface area (TPSA) is 74.7 Å². The van der Waals surface area contributed by atoms with Gasteiger partial charge in [-0.25, -0.2) is 13.2 Å². The Morgan fingerprint density at radius 3 is 2.29 bits per heavy atom. The van der Waals surface area contributed by atoms with E-state index in [0.717, 1.165) is 6.07 Å². The number of sulfonamides is 1. The van der Waals surface area contributed by atoms with Gasteiger partial charge in [-0.1, -0.05) is 25.4 Å². The van der Waals surface area contributed by atoms with E-state index >= 15 is 0 Å². The molecule has 0 aliphatic heterocycles. The molecule has 1 unspecified atom stereocenters. The molecule has 1 atom stereocenters. The first-order chi connectivity index (χ1) is 9.50. The summed E-state index contributed by atoms with van der Waals surface area (Å²) >= 11 is 8.96. The van der Waals surface area contributed by atoms with Crippen molar-refractivity contribution >= 4 is 43.5 Å². The van der Waals surface area contributed by atoms with Gasteiger partial charge in [0.15, 0.2) is 0 Å². The zero-order chi connectivity index (χ0) is 16.5. The number of carboxylic acid groups (broad SMARTS) is 1. The van der Waals surface area contributed by atoms with Gasteiger partial charge >= 0.3 is 5.97 Å². The van der Waals surface area contributed by atoms with Crippen LogP contribution in [0.1, 0.15) is 31.1 Å². The summed E-state index contributed by atoms with van der Waals surface area (Å²) in [6, 6.07) is 2.17.